The molecule has 0 saturated heterocycles. The number of hydrogen-bond acceptors (Lipinski definition) is 5. The van der Waals surface area contributed by atoms with Gasteiger partial charge in [-0.15, -0.1) is 11.3 Å². The van der Waals surface area contributed by atoms with Crippen LogP contribution in [0.3, 0.4) is 0 Å². The number of carbonyl (C=O) groups excluding carboxylic acids is 3. The number of benzene rings is 2. The molecule has 0 aliphatic carbocycles. The normalized spacial score (nSPS) is 10.5. The molecule has 3 rings (SSSR count). The molecule has 0 aliphatic rings. The molecular formula is C23H24N4O3S. The molecule has 1 heterocycles. The molecule has 0 saturated carbocycles. The van der Waals surface area contributed by atoms with E-state index in [1.165, 1.54) is 30.7 Å². The Hall–Kier alpha value is -3.52. The van der Waals surface area contributed by atoms with E-state index in [0.29, 0.717) is 16.5 Å². The van der Waals surface area contributed by atoms with Crippen LogP contribution in [0.2, 0.25) is 0 Å². The molecule has 7 nitrogen and oxygen atoms in total. The van der Waals surface area contributed by atoms with Crippen molar-refractivity contribution >= 4 is 45.6 Å². The van der Waals surface area contributed by atoms with Gasteiger partial charge in [-0.25, -0.2) is 4.98 Å². The van der Waals surface area contributed by atoms with Gasteiger partial charge in [0, 0.05) is 41.7 Å². The lowest BCUT2D eigenvalue weighted by Gasteiger charge is -2.10. The summed E-state index contributed by atoms with van der Waals surface area (Å²) in [6.07, 6.45) is 0. The second-order valence-corrected chi connectivity index (χ2v) is 8.29. The molecule has 2 aromatic carbocycles. The van der Waals surface area contributed by atoms with Crippen molar-refractivity contribution in [2.24, 2.45) is 0 Å². The molecule has 0 fully saturated rings. The van der Waals surface area contributed by atoms with Crippen molar-refractivity contribution in [1.29, 1.82) is 0 Å². The highest BCUT2D eigenvalue weighted by Gasteiger charge is 2.15. The van der Waals surface area contributed by atoms with E-state index in [1.54, 1.807) is 18.2 Å². The highest BCUT2D eigenvalue weighted by molar-refractivity contribution is 7.14. The van der Waals surface area contributed by atoms with Crippen LogP contribution < -0.4 is 16.0 Å². The summed E-state index contributed by atoms with van der Waals surface area (Å²) in [5.74, 6) is -0.948. The second kappa shape index (κ2) is 9.09. The summed E-state index contributed by atoms with van der Waals surface area (Å²) < 4.78 is 0. The van der Waals surface area contributed by atoms with Crippen molar-refractivity contribution in [2.75, 3.05) is 16.0 Å². The predicted octanol–water partition coefficient (Wildman–Crippen LogP) is 4.90. The Balaban J connectivity index is 1.87. The van der Waals surface area contributed by atoms with Gasteiger partial charge in [0.05, 0.1) is 5.69 Å². The number of rotatable bonds is 5. The highest BCUT2D eigenvalue weighted by atomic mass is 32.1. The fourth-order valence-electron chi connectivity index (χ4n) is 3.51. The third-order valence-electron chi connectivity index (χ3n) is 4.49. The summed E-state index contributed by atoms with van der Waals surface area (Å²) in [4.78, 5) is 40.3. The van der Waals surface area contributed by atoms with Gasteiger partial charge in [0.1, 0.15) is 0 Å². The average Bonchev–Trinajstić information content (AvgIpc) is 3.07. The van der Waals surface area contributed by atoms with Crippen LogP contribution in [-0.4, -0.2) is 22.7 Å². The molecule has 3 N–H and O–H groups in total. The monoisotopic (exact) mass is 436 g/mol. The van der Waals surface area contributed by atoms with Gasteiger partial charge >= 0.3 is 0 Å². The van der Waals surface area contributed by atoms with Gasteiger partial charge in [0.25, 0.3) is 5.91 Å². The van der Waals surface area contributed by atoms with E-state index in [9.17, 15) is 14.4 Å². The third kappa shape index (κ3) is 5.55. The van der Waals surface area contributed by atoms with E-state index in [0.717, 1.165) is 22.4 Å². The van der Waals surface area contributed by atoms with Crippen molar-refractivity contribution in [3.8, 4) is 11.3 Å². The zero-order valence-corrected chi connectivity index (χ0v) is 18.9. The molecule has 3 amide bonds. The Morgan fingerprint density at radius 1 is 0.806 bits per heavy atom. The highest BCUT2D eigenvalue weighted by Crippen LogP contribution is 2.31. The van der Waals surface area contributed by atoms with Crippen LogP contribution in [0, 0.1) is 20.8 Å². The standard InChI is InChI=1S/C23H24N4O3S/c1-12-6-13(2)21(14(3)7-12)20-11-31-23(26-20)27-22(30)17-8-18(24-15(4)28)10-19(9-17)25-16(5)29/h6-11H,1-5H3,(H,24,28)(H,25,29)(H,26,27,30). The average molecular weight is 437 g/mol. The van der Waals surface area contributed by atoms with Crippen molar-refractivity contribution in [3.63, 3.8) is 0 Å². The van der Waals surface area contributed by atoms with Crippen molar-refractivity contribution in [1.82, 2.24) is 4.98 Å². The molecule has 160 valence electrons. The minimum atomic E-state index is -0.392. The number of anilines is 3. The van der Waals surface area contributed by atoms with Crippen LogP contribution in [0.25, 0.3) is 11.3 Å². The quantitative estimate of drug-likeness (QED) is 0.529. The van der Waals surface area contributed by atoms with E-state index in [-0.39, 0.29) is 17.4 Å². The Morgan fingerprint density at radius 3 is 1.87 bits per heavy atom. The number of nitrogens with one attached hydrogen (secondary N) is 3. The number of aromatic nitrogens is 1. The second-order valence-electron chi connectivity index (χ2n) is 7.43. The molecule has 0 atom stereocenters. The van der Waals surface area contributed by atoms with Crippen LogP contribution in [0.1, 0.15) is 40.9 Å². The van der Waals surface area contributed by atoms with E-state index >= 15 is 0 Å². The molecule has 0 spiro atoms. The Morgan fingerprint density at radius 2 is 1.35 bits per heavy atom. The lowest BCUT2D eigenvalue weighted by Crippen LogP contribution is -2.15. The first-order chi connectivity index (χ1) is 14.6. The van der Waals surface area contributed by atoms with Gasteiger partial charge in [-0.2, -0.15) is 0 Å². The van der Waals surface area contributed by atoms with Crippen molar-refractivity contribution in [2.45, 2.75) is 34.6 Å². The minimum absolute atomic E-state index is 0.278. The van der Waals surface area contributed by atoms with Gasteiger partial charge < -0.3 is 10.6 Å². The summed E-state index contributed by atoms with van der Waals surface area (Å²) in [5, 5.41) is 10.5. The molecule has 0 radical (unpaired) electrons. The lowest BCUT2D eigenvalue weighted by atomic mass is 9.98. The first-order valence-corrected chi connectivity index (χ1v) is 10.6. The topological polar surface area (TPSA) is 100 Å². The Kier molecular flexibility index (Phi) is 6.50. The summed E-state index contributed by atoms with van der Waals surface area (Å²) in [6, 6.07) is 8.90. The minimum Gasteiger partial charge on any atom is -0.326 e. The van der Waals surface area contributed by atoms with Crippen LogP contribution in [0.5, 0.6) is 0 Å². The molecule has 1 aromatic heterocycles. The molecular weight excluding hydrogens is 412 g/mol. The SMILES string of the molecule is CC(=O)Nc1cc(NC(C)=O)cc(C(=O)Nc2nc(-c3c(C)cc(C)cc3C)cs2)c1. The number of amides is 3. The van der Waals surface area contributed by atoms with Crippen molar-refractivity contribution < 1.29 is 14.4 Å². The molecule has 8 heteroatoms. The number of thiazole rings is 1. The molecule has 0 aliphatic heterocycles. The van der Waals surface area contributed by atoms with E-state index in [4.69, 9.17) is 0 Å². The first-order valence-electron chi connectivity index (χ1n) is 9.67. The summed E-state index contributed by atoms with van der Waals surface area (Å²) in [7, 11) is 0. The van der Waals surface area contributed by atoms with Gasteiger partial charge in [-0.3, -0.25) is 19.7 Å². The van der Waals surface area contributed by atoms with Gasteiger partial charge in [-0.1, -0.05) is 17.7 Å². The van der Waals surface area contributed by atoms with Crippen LogP contribution in [0.4, 0.5) is 16.5 Å². The first kappa shape index (κ1) is 22.2. The summed E-state index contributed by atoms with van der Waals surface area (Å²) >= 11 is 1.34. The molecule has 31 heavy (non-hydrogen) atoms. The summed E-state index contributed by atoms with van der Waals surface area (Å²) in [6.45, 7) is 8.89. The fourth-order valence-corrected chi connectivity index (χ4v) is 4.21. The zero-order valence-electron chi connectivity index (χ0n) is 18.0. The van der Waals surface area contributed by atoms with Crippen LogP contribution in [0.15, 0.2) is 35.7 Å². The maximum atomic E-state index is 12.8. The fraction of sp³-hybridized carbons (Fsp3) is 0.217. The lowest BCUT2D eigenvalue weighted by molar-refractivity contribution is -0.115. The van der Waals surface area contributed by atoms with E-state index < -0.39 is 5.91 Å². The largest absolute Gasteiger partial charge is 0.326 e. The maximum Gasteiger partial charge on any atom is 0.257 e. The van der Waals surface area contributed by atoms with E-state index in [1.807, 2.05) is 19.2 Å². The zero-order chi connectivity index (χ0) is 22.7. The predicted molar refractivity (Wildman–Crippen MR) is 125 cm³/mol. The molecule has 3 aromatic rings. The summed E-state index contributed by atoms with van der Waals surface area (Å²) in [5.41, 5.74) is 6.42. The number of aryl methyl sites for hydroxylation is 3. The Labute approximate surface area is 184 Å². The van der Waals surface area contributed by atoms with Crippen LogP contribution >= 0.6 is 11.3 Å². The van der Waals surface area contributed by atoms with E-state index in [2.05, 4.69) is 40.0 Å². The third-order valence-corrected chi connectivity index (χ3v) is 5.25. The number of nitrogens with zero attached hydrogens (tertiary/aromatic N) is 1. The number of carbonyl (C=O) groups is 3. The molecule has 0 unspecified atom stereocenters. The molecule has 0 bridgehead atoms. The Bertz CT molecular complexity index is 1130. The maximum absolute atomic E-state index is 12.8. The van der Waals surface area contributed by atoms with Crippen LogP contribution in [-0.2, 0) is 9.59 Å². The van der Waals surface area contributed by atoms with Gasteiger partial charge in [0.2, 0.25) is 11.8 Å². The van der Waals surface area contributed by atoms with Crippen molar-refractivity contribution in [3.05, 3.63) is 58.0 Å². The van der Waals surface area contributed by atoms with Gasteiger partial charge in [-0.05, 0) is 50.1 Å². The number of hydrogen-bond donors (Lipinski definition) is 3. The van der Waals surface area contributed by atoms with Gasteiger partial charge in [0.15, 0.2) is 5.13 Å². The smallest absolute Gasteiger partial charge is 0.257 e.